The Labute approximate surface area is 91.1 Å². The minimum Gasteiger partial charge on any atom is -1.00 e. The Morgan fingerprint density at radius 2 is 0.750 bits per heavy atom. The SMILES string of the molecule is CCC.[Cl-].[Cl-].[Cl-].[Cl-].[Ti+4]. The van der Waals surface area contributed by atoms with E-state index in [0.717, 1.165) is 0 Å². The van der Waals surface area contributed by atoms with E-state index in [1.165, 1.54) is 6.42 Å². The van der Waals surface area contributed by atoms with Gasteiger partial charge in [0.25, 0.3) is 0 Å². The third-order valence-electron chi connectivity index (χ3n) is 0. The minimum absolute atomic E-state index is 0. The van der Waals surface area contributed by atoms with Crippen LogP contribution in [0.2, 0.25) is 0 Å². The normalized spacial score (nSPS) is 2.25. The van der Waals surface area contributed by atoms with Gasteiger partial charge in [-0.25, -0.2) is 0 Å². The van der Waals surface area contributed by atoms with Crippen molar-refractivity contribution in [3.8, 4) is 0 Å². The van der Waals surface area contributed by atoms with Crippen molar-refractivity contribution in [2.24, 2.45) is 0 Å². The quantitative estimate of drug-likeness (QED) is 0.365. The third-order valence-corrected chi connectivity index (χ3v) is 0. The summed E-state index contributed by atoms with van der Waals surface area (Å²) in [5.41, 5.74) is 0. The molecule has 0 bridgehead atoms. The zero-order valence-corrected chi connectivity index (χ0v) is 9.30. The molecule has 5 heteroatoms. The van der Waals surface area contributed by atoms with Gasteiger partial charge in [-0.1, -0.05) is 20.3 Å². The number of halogens is 4. The van der Waals surface area contributed by atoms with E-state index in [1.807, 2.05) is 0 Å². The van der Waals surface area contributed by atoms with Gasteiger partial charge in [-0.3, -0.25) is 0 Å². The van der Waals surface area contributed by atoms with Crippen LogP contribution < -0.4 is 49.6 Å². The summed E-state index contributed by atoms with van der Waals surface area (Å²) in [6.07, 6.45) is 1.25. The predicted molar refractivity (Wildman–Crippen MR) is 16.0 cm³/mol. The summed E-state index contributed by atoms with van der Waals surface area (Å²) in [5, 5.41) is 0. The molecular weight excluding hydrogens is 226 g/mol. The number of hydrogen-bond donors (Lipinski definition) is 0. The maximum Gasteiger partial charge on any atom is 4.00 e. The van der Waals surface area contributed by atoms with E-state index in [0.29, 0.717) is 0 Å². The van der Waals surface area contributed by atoms with Crippen LogP contribution in [0.15, 0.2) is 0 Å². The molecule has 0 amide bonds. The Balaban J connectivity index is -0.00000000200. The minimum atomic E-state index is 0. The van der Waals surface area contributed by atoms with E-state index in [1.54, 1.807) is 0 Å². The molecule has 0 aromatic heterocycles. The summed E-state index contributed by atoms with van der Waals surface area (Å²) in [7, 11) is 0. The molecule has 0 aliphatic carbocycles. The van der Waals surface area contributed by atoms with Crippen molar-refractivity contribution in [3.05, 3.63) is 0 Å². The van der Waals surface area contributed by atoms with E-state index < -0.39 is 0 Å². The van der Waals surface area contributed by atoms with Crippen LogP contribution in [-0.4, -0.2) is 0 Å². The Bertz CT molecular complexity index is 11.2. The van der Waals surface area contributed by atoms with Crippen molar-refractivity contribution in [2.45, 2.75) is 20.3 Å². The van der Waals surface area contributed by atoms with Crippen LogP contribution >= 0.6 is 0 Å². The Morgan fingerprint density at radius 3 is 0.750 bits per heavy atom. The summed E-state index contributed by atoms with van der Waals surface area (Å²) >= 11 is 0. The van der Waals surface area contributed by atoms with Crippen molar-refractivity contribution in [1.82, 2.24) is 0 Å². The Kier molecular flexibility index (Phi) is 431. The first-order valence-electron chi connectivity index (χ1n) is 1.41. The summed E-state index contributed by atoms with van der Waals surface area (Å²) in [6.45, 7) is 4.25. The second-order valence-corrected chi connectivity index (χ2v) is 0.707. The molecule has 0 aromatic rings. The fourth-order valence-electron chi connectivity index (χ4n) is 0. The van der Waals surface area contributed by atoms with E-state index >= 15 is 0 Å². The maximum atomic E-state index is 2.12. The van der Waals surface area contributed by atoms with Gasteiger partial charge in [-0.15, -0.1) is 0 Å². The standard InChI is InChI=1S/C3H8.4ClH.Ti/c1-3-2;;;;;/h3H2,1-2H3;4*1H;/q;;;;;+4/p-4. The van der Waals surface area contributed by atoms with Gasteiger partial charge in [0.1, 0.15) is 0 Å². The molecule has 0 N–H and O–H groups in total. The molecule has 0 rings (SSSR count). The van der Waals surface area contributed by atoms with Gasteiger partial charge in [0.2, 0.25) is 0 Å². The molecule has 0 aliphatic heterocycles. The fourth-order valence-corrected chi connectivity index (χ4v) is 0. The van der Waals surface area contributed by atoms with Crippen molar-refractivity contribution >= 4 is 0 Å². The molecule has 0 atom stereocenters. The zero-order chi connectivity index (χ0) is 2.71. The first-order chi connectivity index (χ1) is 1.41. The molecule has 8 heavy (non-hydrogen) atoms. The molecule has 0 fully saturated rings. The molecule has 0 radical (unpaired) electrons. The van der Waals surface area contributed by atoms with E-state index in [4.69, 9.17) is 0 Å². The van der Waals surface area contributed by atoms with Crippen LogP contribution in [0.4, 0.5) is 0 Å². The first kappa shape index (κ1) is 51.8. The van der Waals surface area contributed by atoms with Crippen LogP contribution in [0.25, 0.3) is 0 Å². The number of hydrogen-bond acceptors (Lipinski definition) is 0. The molecule has 0 nitrogen and oxygen atoms in total. The topological polar surface area (TPSA) is 0 Å². The summed E-state index contributed by atoms with van der Waals surface area (Å²) in [6, 6.07) is 0. The maximum absolute atomic E-state index is 2.12. The Hall–Kier alpha value is 1.87. The molecule has 0 saturated carbocycles. The molecule has 0 heterocycles. The van der Waals surface area contributed by atoms with Gasteiger partial charge in [0, 0.05) is 0 Å². The van der Waals surface area contributed by atoms with Gasteiger partial charge in [0.15, 0.2) is 0 Å². The van der Waals surface area contributed by atoms with Gasteiger partial charge in [-0.05, 0) is 0 Å². The van der Waals surface area contributed by atoms with Gasteiger partial charge in [-0.2, -0.15) is 0 Å². The van der Waals surface area contributed by atoms with E-state index in [9.17, 15) is 0 Å². The summed E-state index contributed by atoms with van der Waals surface area (Å²) in [4.78, 5) is 0. The largest absolute Gasteiger partial charge is 4.00 e. The van der Waals surface area contributed by atoms with Crippen molar-refractivity contribution in [1.29, 1.82) is 0 Å². The second kappa shape index (κ2) is 66.6. The molecule has 0 aromatic carbocycles. The van der Waals surface area contributed by atoms with E-state index in [2.05, 4.69) is 13.8 Å². The van der Waals surface area contributed by atoms with Crippen molar-refractivity contribution in [2.75, 3.05) is 0 Å². The molecule has 0 spiro atoms. The van der Waals surface area contributed by atoms with Crippen LogP contribution in [0.5, 0.6) is 0 Å². The van der Waals surface area contributed by atoms with E-state index in [-0.39, 0.29) is 71.3 Å². The van der Waals surface area contributed by atoms with Crippen LogP contribution in [0.3, 0.4) is 0 Å². The summed E-state index contributed by atoms with van der Waals surface area (Å²) in [5.74, 6) is 0. The monoisotopic (exact) mass is 232 g/mol. The van der Waals surface area contributed by atoms with Crippen LogP contribution in [0, 0.1) is 0 Å². The molecule has 52 valence electrons. The average Bonchev–Trinajstić information content (AvgIpc) is 0.918. The van der Waals surface area contributed by atoms with Gasteiger partial charge in [0.05, 0.1) is 0 Å². The smallest absolute Gasteiger partial charge is 1.00 e. The van der Waals surface area contributed by atoms with Crippen molar-refractivity contribution in [3.63, 3.8) is 0 Å². The van der Waals surface area contributed by atoms with Gasteiger partial charge >= 0.3 is 21.7 Å². The van der Waals surface area contributed by atoms with Gasteiger partial charge < -0.3 is 49.6 Å². The molecule has 0 unspecified atom stereocenters. The third kappa shape index (κ3) is 106. The number of rotatable bonds is 0. The molecule has 0 saturated heterocycles. The Morgan fingerprint density at radius 1 is 0.750 bits per heavy atom. The van der Waals surface area contributed by atoms with Crippen molar-refractivity contribution < 1.29 is 71.3 Å². The summed E-state index contributed by atoms with van der Waals surface area (Å²) < 4.78 is 0. The molecular formula is C3H8Cl4Ti. The second-order valence-electron chi connectivity index (χ2n) is 0.707. The van der Waals surface area contributed by atoms with Crippen LogP contribution in [0.1, 0.15) is 20.3 Å². The molecule has 0 aliphatic rings. The van der Waals surface area contributed by atoms with Crippen LogP contribution in [-0.2, 0) is 21.7 Å². The zero-order valence-electron chi connectivity index (χ0n) is 4.72. The fraction of sp³-hybridized carbons (Fsp3) is 1.00. The predicted octanol–water partition coefficient (Wildman–Crippen LogP) is -10.6. The first-order valence-corrected chi connectivity index (χ1v) is 1.41. The average molecular weight is 234 g/mol.